The van der Waals surface area contributed by atoms with Gasteiger partial charge in [0.05, 0.1) is 12.0 Å². The molecule has 1 saturated carbocycles. The van der Waals surface area contributed by atoms with Gasteiger partial charge in [0, 0.05) is 37.1 Å². The van der Waals surface area contributed by atoms with Crippen LogP contribution in [-0.4, -0.2) is 37.6 Å². The third-order valence-electron chi connectivity index (χ3n) is 7.10. The fourth-order valence-electron chi connectivity index (χ4n) is 5.50. The molecule has 0 unspecified atom stereocenters. The molecule has 2 aromatic carbocycles. The molecule has 30 heavy (non-hydrogen) atoms. The fraction of sp³-hybridized carbons (Fsp3) is 0.480. The zero-order chi connectivity index (χ0) is 20.5. The molecule has 5 rings (SSSR count). The lowest BCUT2D eigenvalue weighted by atomic mass is 9.82. The fourth-order valence-corrected chi connectivity index (χ4v) is 5.50. The van der Waals surface area contributed by atoms with Gasteiger partial charge in [-0.2, -0.15) is 0 Å². The first kappa shape index (κ1) is 19.4. The van der Waals surface area contributed by atoms with Crippen LogP contribution in [0.1, 0.15) is 37.7 Å². The van der Waals surface area contributed by atoms with E-state index in [1.54, 1.807) is 0 Å². The summed E-state index contributed by atoms with van der Waals surface area (Å²) in [7, 11) is 0. The van der Waals surface area contributed by atoms with Gasteiger partial charge in [-0.15, -0.1) is 0 Å². The Hall–Kier alpha value is -2.56. The van der Waals surface area contributed by atoms with Gasteiger partial charge in [0.1, 0.15) is 5.82 Å². The second-order valence-corrected chi connectivity index (χ2v) is 8.97. The van der Waals surface area contributed by atoms with E-state index in [-0.39, 0.29) is 23.7 Å². The van der Waals surface area contributed by atoms with Gasteiger partial charge in [0.2, 0.25) is 5.91 Å². The van der Waals surface area contributed by atoms with Gasteiger partial charge in [-0.25, -0.2) is 4.39 Å². The summed E-state index contributed by atoms with van der Waals surface area (Å²) in [4.78, 5) is 18.1. The topological polar surface area (TPSA) is 35.6 Å². The van der Waals surface area contributed by atoms with Crippen LogP contribution in [-0.2, 0) is 11.2 Å². The van der Waals surface area contributed by atoms with Crippen LogP contribution in [0.4, 0.5) is 15.8 Å². The van der Waals surface area contributed by atoms with Crippen LogP contribution in [0.15, 0.2) is 48.5 Å². The Labute approximate surface area is 178 Å². The lowest BCUT2D eigenvalue weighted by molar-refractivity contribution is -0.126. The van der Waals surface area contributed by atoms with Crippen molar-refractivity contribution in [2.45, 2.75) is 50.6 Å². The number of carbonyl (C=O) groups excluding carboxylic acids is 1. The van der Waals surface area contributed by atoms with Crippen molar-refractivity contribution in [2.24, 2.45) is 5.92 Å². The molecule has 5 heteroatoms. The third kappa shape index (κ3) is 3.78. The molecular formula is C25H30FN3O. The number of para-hydroxylation sites is 1. The smallest absolute Gasteiger partial charge is 0.225 e. The molecule has 2 heterocycles. The van der Waals surface area contributed by atoms with Crippen LogP contribution >= 0.6 is 0 Å². The van der Waals surface area contributed by atoms with Gasteiger partial charge in [0.25, 0.3) is 0 Å². The number of nitrogens with one attached hydrogen (secondary N) is 1. The first-order valence-electron chi connectivity index (χ1n) is 11.3. The zero-order valence-electron chi connectivity index (χ0n) is 17.4. The maximum Gasteiger partial charge on any atom is 0.225 e. The van der Waals surface area contributed by atoms with Gasteiger partial charge >= 0.3 is 0 Å². The molecule has 0 aromatic heterocycles. The van der Waals surface area contributed by atoms with Crippen LogP contribution in [0.3, 0.4) is 0 Å². The number of carbonyl (C=O) groups is 1. The highest BCUT2D eigenvalue weighted by Gasteiger charge is 2.41. The largest absolute Gasteiger partial charge is 0.368 e. The van der Waals surface area contributed by atoms with Gasteiger partial charge < -0.3 is 15.1 Å². The highest BCUT2D eigenvalue weighted by Crippen LogP contribution is 2.37. The van der Waals surface area contributed by atoms with E-state index in [0.29, 0.717) is 6.04 Å². The van der Waals surface area contributed by atoms with Crippen molar-refractivity contribution in [1.82, 2.24) is 5.32 Å². The van der Waals surface area contributed by atoms with E-state index in [0.717, 1.165) is 44.6 Å². The molecule has 2 atom stereocenters. The standard InChI is InChI=1S/C25H30FN3O/c26-19-10-12-21(13-11-19)28-14-15-29-23-9-5-4-6-18(23)16-22(24(29)17-28)25(30)27-20-7-2-1-3-8-20/h4-6,9-13,20,22,24H,1-3,7-8,14-17H2,(H,27,30)/t22-,24-/m0/s1. The van der Waals surface area contributed by atoms with Gasteiger partial charge in [0.15, 0.2) is 0 Å². The molecule has 2 aliphatic heterocycles. The van der Waals surface area contributed by atoms with Crippen molar-refractivity contribution in [2.75, 3.05) is 29.4 Å². The number of hydrogen-bond donors (Lipinski definition) is 1. The molecule has 3 aliphatic rings. The van der Waals surface area contributed by atoms with Crippen LogP contribution in [0.5, 0.6) is 0 Å². The number of amides is 1. The average molecular weight is 408 g/mol. The summed E-state index contributed by atoms with van der Waals surface area (Å²) in [6.07, 6.45) is 6.70. The highest BCUT2D eigenvalue weighted by atomic mass is 19.1. The number of piperazine rings is 1. The summed E-state index contributed by atoms with van der Waals surface area (Å²) in [5.41, 5.74) is 3.57. The molecule has 2 fully saturated rings. The minimum Gasteiger partial charge on any atom is -0.368 e. The summed E-state index contributed by atoms with van der Waals surface area (Å²) < 4.78 is 13.4. The Morgan fingerprint density at radius 3 is 2.53 bits per heavy atom. The molecular weight excluding hydrogens is 377 g/mol. The average Bonchev–Trinajstić information content (AvgIpc) is 2.79. The maximum atomic E-state index is 13.4. The maximum absolute atomic E-state index is 13.4. The second-order valence-electron chi connectivity index (χ2n) is 8.97. The first-order valence-corrected chi connectivity index (χ1v) is 11.3. The molecule has 0 radical (unpaired) electrons. The lowest BCUT2D eigenvalue weighted by Gasteiger charge is -2.50. The van der Waals surface area contributed by atoms with Crippen LogP contribution in [0.2, 0.25) is 0 Å². The van der Waals surface area contributed by atoms with Crippen molar-refractivity contribution in [1.29, 1.82) is 0 Å². The summed E-state index contributed by atoms with van der Waals surface area (Å²) in [6.45, 7) is 2.52. The predicted molar refractivity (Wildman–Crippen MR) is 118 cm³/mol. The molecule has 0 spiro atoms. The number of hydrogen-bond acceptors (Lipinski definition) is 3. The van der Waals surface area contributed by atoms with E-state index < -0.39 is 0 Å². The highest BCUT2D eigenvalue weighted by molar-refractivity contribution is 5.82. The minimum absolute atomic E-state index is 0.0647. The van der Waals surface area contributed by atoms with Crippen LogP contribution in [0, 0.1) is 11.7 Å². The summed E-state index contributed by atoms with van der Waals surface area (Å²) in [6, 6.07) is 15.7. The number of nitrogens with zero attached hydrogens (tertiary/aromatic N) is 2. The summed E-state index contributed by atoms with van der Waals surface area (Å²) in [5, 5.41) is 3.38. The summed E-state index contributed by atoms with van der Waals surface area (Å²) >= 11 is 0. The summed E-state index contributed by atoms with van der Waals surface area (Å²) in [5.74, 6) is -0.0776. The van der Waals surface area contributed by atoms with E-state index in [2.05, 4.69) is 39.4 Å². The number of benzene rings is 2. The van der Waals surface area contributed by atoms with E-state index in [1.165, 1.54) is 42.6 Å². The lowest BCUT2D eigenvalue weighted by Crippen LogP contribution is -2.61. The number of fused-ring (bicyclic) bond motifs is 3. The molecule has 4 nitrogen and oxygen atoms in total. The Balaban J connectivity index is 1.40. The molecule has 2 aromatic rings. The first-order chi connectivity index (χ1) is 14.7. The van der Waals surface area contributed by atoms with Crippen molar-refractivity contribution >= 4 is 17.3 Å². The zero-order valence-corrected chi connectivity index (χ0v) is 17.4. The third-order valence-corrected chi connectivity index (χ3v) is 7.10. The predicted octanol–water partition coefficient (Wildman–Crippen LogP) is 4.14. The Kier molecular flexibility index (Phi) is 5.36. The number of halogens is 1. The molecule has 1 amide bonds. The molecule has 1 aliphatic carbocycles. The van der Waals surface area contributed by atoms with Crippen LogP contribution < -0.4 is 15.1 Å². The quantitative estimate of drug-likeness (QED) is 0.831. The van der Waals surface area contributed by atoms with Crippen molar-refractivity contribution < 1.29 is 9.18 Å². The van der Waals surface area contributed by atoms with Crippen molar-refractivity contribution in [3.05, 3.63) is 59.9 Å². The normalized spacial score (nSPS) is 24.2. The molecule has 1 N–H and O–H groups in total. The Bertz CT molecular complexity index is 894. The number of rotatable bonds is 3. The van der Waals surface area contributed by atoms with Gasteiger partial charge in [-0.05, 0) is 55.2 Å². The molecule has 1 saturated heterocycles. The molecule has 0 bridgehead atoms. The van der Waals surface area contributed by atoms with E-state index in [4.69, 9.17) is 0 Å². The Morgan fingerprint density at radius 2 is 1.73 bits per heavy atom. The van der Waals surface area contributed by atoms with Crippen LogP contribution in [0.25, 0.3) is 0 Å². The SMILES string of the molecule is O=C(NC1CCCCC1)[C@H]1Cc2ccccc2N2CCN(c3ccc(F)cc3)C[C@@H]12. The monoisotopic (exact) mass is 407 g/mol. The van der Waals surface area contributed by atoms with Crippen molar-refractivity contribution in [3.63, 3.8) is 0 Å². The number of anilines is 2. The van der Waals surface area contributed by atoms with E-state index >= 15 is 0 Å². The van der Waals surface area contributed by atoms with E-state index in [1.807, 2.05) is 12.1 Å². The minimum atomic E-state index is -0.214. The van der Waals surface area contributed by atoms with Crippen molar-refractivity contribution in [3.8, 4) is 0 Å². The van der Waals surface area contributed by atoms with E-state index in [9.17, 15) is 9.18 Å². The Morgan fingerprint density at radius 1 is 0.967 bits per heavy atom. The second kappa shape index (κ2) is 8.29. The van der Waals surface area contributed by atoms with Gasteiger partial charge in [-0.3, -0.25) is 4.79 Å². The van der Waals surface area contributed by atoms with Gasteiger partial charge in [-0.1, -0.05) is 37.5 Å². The molecule has 158 valence electrons.